The van der Waals surface area contributed by atoms with Crippen molar-refractivity contribution in [2.24, 2.45) is 0 Å². The molecule has 6 heteroatoms. The molecular formula is C24H29N3O3. The minimum absolute atomic E-state index is 0.131. The summed E-state index contributed by atoms with van der Waals surface area (Å²) in [6.07, 6.45) is 3.29. The molecule has 0 saturated heterocycles. The van der Waals surface area contributed by atoms with Crippen LogP contribution in [-0.4, -0.2) is 29.2 Å². The summed E-state index contributed by atoms with van der Waals surface area (Å²) in [7, 11) is 1.59. The molecule has 1 amide bonds. The van der Waals surface area contributed by atoms with Crippen LogP contribution in [0.1, 0.15) is 54.5 Å². The fourth-order valence-corrected chi connectivity index (χ4v) is 3.46. The third-order valence-electron chi connectivity index (χ3n) is 5.18. The van der Waals surface area contributed by atoms with Gasteiger partial charge in [-0.2, -0.15) is 0 Å². The summed E-state index contributed by atoms with van der Waals surface area (Å²) in [6.45, 7) is 4.76. The Morgan fingerprint density at radius 1 is 1.17 bits per heavy atom. The zero-order chi connectivity index (χ0) is 21.5. The average Bonchev–Trinajstić information content (AvgIpc) is 2.77. The smallest absolute Gasteiger partial charge is 0.261 e. The third kappa shape index (κ3) is 4.94. The second-order valence-corrected chi connectivity index (χ2v) is 7.43. The lowest BCUT2D eigenvalue weighted by Crippen LogP contribution is -2.34. The summed E-state index contributed by atoms with van der Waals surface area (Å²) in [5, 5.41) is 3.54. The molecule has 3 rings (SSSR count). The van der Waals surface area contributed by atoms with Crippen molar-refractivity contribution in [3.05, 3.63) is 75.8 Å². The van der Waals surface area contributed by atoms with Gasteiger partial charge in [-0.15, -0.1) is 0 Å². The molecule has 2 aromatic carbocycles. The number of hydrogen-bond acceptors (Lipinski definition) is 4. The lowest BCUT2D eigenvalue weighted by molar-refractivity contribution is 0.0937. The second kappa shape index (κ2) is 10.2. The van der Waals surface area contributed by atoms with Crippen LogP contribution >= 0.6 is 0 Å². The number of fused-ring (bicyclic) bond motifs is 1. The summed E-state index contributed by atoms with van der Waals surface area (Å²) in [5.41, 5.74) is 2.31. The maximum atomic E-state index is 13.0. The van der Waals surface area contributed by atoms with E-state index >= 15 is 0 Å². The molecule has 6 nitrogen and oxygen atoms in total. The van der Waals surface area contributed by atoms with Crippen LogP contribution in [0.3, 0.4) is 0 Å². The van der Waals surface area contributed by atoms with Gasteiger partial charge in [0.05, 0.1) is 30.1 Å². The maximum Gasteiger partial charge on any atom is 0.261 e. The van der Waals surface area contributed by atoms with E-state index in [1.54, 1.807) is 17.7 Å². The Balaban J connectivity index is 1.85. The number of benzene rings is 2. The van der Waals surface area contributed by atoms with Crippen LogP contribution in [0.5, 0.6) is 0 Å². The van der Waals surface area contributed by atoms with Gasteiger partial charge in [0.25, 0.3) is 11.5 Å². The minimum atomic E-state index is -0.438. The molecule has 1 heterocycles. The largest absolute Gasteiger partial charge is 0.383 e. The lowest BCUT2D eigenvalue weighted by Gasteiger charge is -2.19. The first kappa shape index (κ1) is 21.7. The SMILES string of the molecule is CCCCc1ccc(C(=O)N[C@H](C)c2nc3ccccc3c(=O)n2CCOC)cc1. The van der Waals surface area contributed by atoms with E-state index in [0.29, 0.717) is 35.4 Å². The van der Waals surface area contributed by atoms with Crippen LogP contribution in [0.2, 0.25) is 0 Å². The Bertz CT molecular complexity index is 1060. The van der Waals surface area contributed by atoms with E-state index in [1.165, 1.54) is 5.56 Å². The highest BCUT2D eigenvalue weighted by molar-refractivity contribution is 5.94. The average molecular weight is 408 g/mol. The Labute approximate surface area is 176 Å². The van der Waals surface area contributed by atoms with Crippen molar-refractivity contribution < 1.29 is 9.53 Å². The first-order valence-corrected chi connectivity index (χ1v) is 10.4. The number of methoxy groups -OCH3 is 1. The van der Waals surface area contributed by atoms with Gasteiger partial charge in [0.2, 0.25) is 0 Å². The zero-order valence-corrected chi connectivity index (χ0v) is 17.9. The van der Waals surface area contributed by atoms with Crippen molar-refractivity contribution in [3.63, 3.8) is 0 Å². The van der Waals surface area contributed by atoms with E-state index in [4.69, 9.17) is 4.74 Å². The van der Waals surface area contributed by atoms with Crippen LogP contribution in [0.4, 0.5) is 0 Å². The van der Waals surface area contributed by atoms with E-state index in [2.05, 4.69) is 17.2 Å². The predicted molar refractivity (Wildman–Crippen MR) is 119 cm³/mol. The van der Waals surface area contributed by atoms with E-state index in [-0.39, 0.29) is 11.5 Å². The van der Waals surface area contributed by atoms with Crippen LogP contribution in [-0.2, 0) is 17.7 Å². The van der Waals surface area contributed by atoms with Gasteiger partial charge in [-0.05, 0) is 49.6 Å². The van der Waals surface area contributed by atoms with Gasteiger partial charge < -0.3 is 10.1 Å². The Hall–Kier alpha value is -2.99. The van der Waals surface area contributed by atoms with Crippen LogP contribution in [0, 0.1) is 0 Å². The van der Waals surface area contributed by atoms with Crippen molar-refractivity contribution in [1.82, 2.24) is 14.9 Å². The number of para-hydroxylation sites is 1. The van der Waals surface area contributed by atoms with Crippen molar-refractivity contribution >= 4 is 16.8 Å². The molecule has 0 aliphatic heterocycles. The van der Waals surface area contributed by atoms with Gasteiger partial charge in [-0.1, -0.05) is 37.6 Å². The number of nitrogens with zero attached hydrogens (tertiary/aromatic N) is 2. The molecule has 0 radical (unpaired) electrons. The van der Waals surface area contributed by atoms with E-state index in [1.807, 2.05) is 49.4 Å². The standard InChI is InChI=1S/C24H29N3O3/c1-4-5-8-18-11-13-19(14-12-18)23(28)25-17(2)22-26-21-10-7-6-9-20(21)24(29)27(22)15-16-30-3/h6-7,9-14,17H,4-5,8,15-16H2,1-3H3,(H,25,28)/t17-/m1/s1. The molecule has 0 saturated carbocycles. The molecule has 3 aromatic rings. The molecule has 0 fully saturated rings. The molecule has 1 atom stereocenters. The molecule has 1 N–H and O–H groups in total. The summed E-state index contributed by atoms with van der Waals surface area (Å²) in [6, 6.07) is 14.5. The van der Waals surface area contributed by atoms with Crippen LogP contribution in [0.15, 0.2) is 53.3 Å². The Morgan fingerprint density at radius 3 is 2.60 bits per heavy atom. The number of aryl methyl sites for hydroxylation is 1. The Morgan fingerprint density at radius 2 is 1.90 bits per heavy atom. The monoisotopic (exact) mass is 407 g/mol. The molecule has 0 aliphatic rings. The number of hydrogen-bond donors (Lipinski definition) is 1. The van der Waals surface area contributed by atoms with Crippen LogP contribution in [0.25, 0.3) is 10.9 Å². The third-order valence-corrected chi connectivity index (χ3v) is 5.18. The molecule has 0 unspecified atom stereocenters. The molecule has 30 heavy (non-hydrogen) atoms. The number of ether oxygens (including phenoxy) is 1. The molecule has 0 spiro atoms. The van der Waals surface area contributed by atoms with Crippen molar-refractivity contribution in [1.29, 1.82) is 0 Å². The number of nitrogens with one attached hydrogen (secondary N) is 1. The Kier molecular flexibility index (Phi) is 7.36. The number of rotatable bonds is 9. The summed E-state index contributed by atoms with van der Waals surface area (Å²) in [4.78, 5) is 30.4. The normalized spacial score (nSPS) is 12.1. The highest BCUT2D eigenvalue weighted by Gasteiger charge is 2.19. The van der Waals surface area contributed by atoms with Crippen molar-refractivity contribution in [2.45, 2.75) is 45.7 Å². The number of amides is 1. The fraction of sp³-hybridized carbons (Fsp3) is 0.375. The number of aromatic nitrogens is 2. The summed E-state index contributed by atoms with van der Waals surface area (Å²) in [5.74, 6) is 0.328. The summed E-state index contributed by atoms with van der Waals surface area (Å²) < 4.78 is 6.75. The second-order valence-electron chi connectivity index (χ2n) is 7.43. The highest BCUT2D eigenvalue weighted by Crippen LogP contribution is 2.15. The molecule has 158 valence electrons. The molecule has 1 aromatic heterocycles. The van der Waals surface area contributed by atoms with Crippen LogP contribution < -0.4 is 10.9 Å². The maximum absolute atomic E-state index is 13.0. The minimum Gasteiger partial charge on any atom is -0.383 e. The topological polar surface area (TPSA) is 73.2 Å². The first-order valence-electron chi connectivity index (χ1n) is 10.4. The number of carbonyl (C=O) groups is 1. The van der Waals surface area contributed by atoms with Gasteiger partial charge in [0.1, 0.15) is 5.82 Å². The van der Waals surface area contributed by atoms with Crippen molar-refractivity contribution in [2.75, 3.05) is 13.7 Å². The van der Waals surface area contributed by atoms with Gasteiger partial charge in [-0.25, -0.2) is 4.98 Å². The molecule has 0 aliphatic carbocycles. The quantitative estimate of drug-likeness (QED) is 0.584. The van der Waals surface area contributed by atoms with Gasteiger partial charge >= 0.3 is 0 Å². The van der Waals surface area contributed by atoms with Gasteiger partial charge in [0, 0.05) is 12.7 Å². The first-order chi connectivity index (χ1) is 14.5. The molecule has 0 bridgehead atoms. The number of carbonyl (C=O) groups excluding carboxylic acids is 1. The fourth-order valence-electron chi connectivity index (χ4n) is 3.46. The van der Waals surface area contributed by atoms with E-state index < -0.39 is 6.04 Å². The lowest BCUT2D eigenvalue weighted by atomic mass is 10.1. The zero-order valence-electron chi connectivity index (χ0n) is 17.9. The van der Waals surface area contributed by atoms with Crippen molar-refractivity contribution in [3.8, 4) is 0 Å². The van der Waals surface area contributed by atoms with Gasteiger partial charge in [-0.3, -0.25) is 14.2 Å². The molecular weight excluding hydrogens is 378 g/mol. The summed E-state index contributed by atoms with van der Waals surface area (Å²) >= 11 is 0. The predicted octanol–water partition coefficient (Wildman–Crippen LogP) is 3.88. The van der Waals surface area contributed by atoms with Gasteiger partial charge in [0.15, 0.2) is 0 Å². The van der Waals surface area contributed by atoms with E-state index in [9.17, 15) is 9.59 Å². The van der Waals surface area contributed by atoms with E-state index in [0.717, 1.165) is 19.3 Å². The highest BCUT2D eigenvalue weighted by atomic mass is 16.5. The number of unbranched alkanes of at least 4 members (excludes halogenated alkanes) is 1.